The molecule has 0 spiro atoms. The largest absolute Gasteiger partial charge is 0.482 e. The summed E-state index contributed by atoms with van der Waals surface area (Å²) in [4.78, 5) is 10.1. The molecule has 0 unspecified atom stereocenters. The number of aryl methyl sites for hydroxylation is 1. The maximum absolute atomic E-state index is 10.1. The Balaban J connectivity index is 0.000000196. The molecule has 0 heterocycles. The quantitative estimate of drug-likeness (QED) is 0.444. The molecule has 0 saturated carbocycles. The molecule has 0 aliphatic heterocycles. The van der Waals surface area contributed by atoms with E-state index in [-0.39, 0.29) is 6.61 Å². The number of rotatable bonds is 6. The Kier molecular flexibility index (Phi) is 8.39. The van der Waals surface area contributed by atoms with Crippen molar-refractivity contribution in [3.05, 3.63) is 121 Å². The number of hydrogen-bond acceptors (Lipinski definition) is 2. The van der Waals surface area contributed by atoms with Gasteiger partial charge < -0.3 is 9.84 Å². The van der Waals surface area contributed by atoms with Gasteiger partial charge in [0.05, 0.1) is 0 Å². The highest BCUT2D eigenvalue weighted by atomic mass is 31.1. The maximum Gasteiger partial charge on any atom is 0.341 e. The number of benzene rings is 4. The van der Waals surface area contributed by atoms with E-state index in [4.69, 9.17) is 9.84 Å². The molecule has 0 bridgehead atoms. The van der Waals surface area contributed by atoms with E-state index < -0.39 is 13.9 Å². The molecule has 0 amide bonds. The molecule has 4 aromatic carbocycles. The third kappa shape index (κ3) is 7.09. The van der Waals surface area contributed by atoms with E-state index in [0.29, 0.717) is 5.75 Å². The lowest BCUT2D eigenvalue weighted by atomic mass is 10.2. The summed E-state index contributed by atoms with van der Waals surface area (Å²) in [5.74, 6) is -0.376. The first-order valence-corrected chi connectivity index (χ1v) is 11.3. The normalized spacial score (nSPS) is 10.1. The molecule has 4 aromatic rings. The van der Waals surface area contributed by atoms with Crippen LogP contribution in [0.25, 0.3) is 0 Å². The molecule has 31 heavy (non-hydrogen) atoms. The molecule has 0 aliphatic rings. The standard InChI is InChI=1S/C18H15P.C9H10O3/c1-4-10-16(11-5-1)19(17-12-6-2-7-13-17)18-14-8-3-9-15-18;1-7-2-4-8(5-3-7)12-6-9(10)11/h1-15H;2-5H,6H2,1H3,(H,10,11). The van der Waals surface area contributed by atoms with Crippen LogP contribution in [0.5, 0.6) is 5.75 Å². The van der Waals surface area contributed by atoms with E-state index in [2.05, 4.69) is 91.0 Å². The second-order valence-electron chi connectivity index (χ2n) is 6.84. The number of aliphatic carboxylic acids is 1. The van der Waals surface area contributed by atoms with Gasteiger partial charge in [0.15, 0.2) is 6.61 Å². The predicted molar refractivity (Wildman–Crippen MR) is 129 cm³/mol. The van der Waals surface area contributed by atoms with Crippen LogP contribution in [0.15, 0.2) is 115 Å². The predicted octanol–water partition coefficient (Wildman–Crippen LogP) is 4.90. The number of carbonyl (C=O) groups is 1. The van der Waals surface area contributed by atoms with Gasteiger partial charge in [-0.15, -0.1) is 0 Å². The van der Waals surface area contributed by atoms with Gasteiger partial charge in [0.25, 0.3) is 0 Å². The Morgan fingerprint density at radius 3 is 1.42 bits per heavy atom. The lowest BCUT2D eigenvalue weighted by Crippen LogP contribution is -2.20. The fourth-order valence-electron chi connectivity index (χ4n) is 2.96. The van der Waals surface area contributed by atoms with Crippen LogP contribution in [0, 0.1) is 6.92 Å². The van der Waals surface area contributed by atoms with Gasteiger partial charge in [0, 0.05) is 0 Å². The highest BCUT2D eigenvalue weighted by molar-refractivity contribution is 7.79. The van der Waals surface area contributed by atoms with E-state index in [1.807, 2.05) is 19.1 Å². The van der Waals surface area contributed by atoms with Crippen LogP contribution in [0.4, 0.5) is 0 Å². The molecule has 4 rings (SSSR count). The monoisotopic (exact) mass is 428 g/mol. The van der Waals surface area contributed by atoms with Crippen LogP contribution in [-0.4, -0.2) is 17.7 Å². The van der Waals surface area contributed by atoms with Crippen molar-refractivity contribution in [2.45, 2.75) is 6.92 Å². The maximum atomic E-state index is 10.1. The van der Waals surface area contributed by atoms with Gasteiger partial charge in [-0.3, -0.25) is 0 Å². The summed E-state index contributed by atoms with van der Waals surface area (Å²) in [5.41, 5.74) is 1.12. The smallest absolute Gasteiger partial charge is 0.341 e. The molecule has 4 heteroatoms. The first-order chi connectivity index (χ1) is 15.1. The van der Waals surface area contributed by atoms with Crippen molar-refractivity contribution in [1.82, 2.24) is 0 Å². The summed E-state index contributed by atoms with van der Waals surface area (Å²) in [5, 5.41) is 12.5. The average Bonchev–Trinajstić information content (AvgIpc) is 2.81. The molecule has 0 saturated heterocycles. The van der Waals surface area contributed by atoms with Crippen molar-refractivity contribution in [2.24, 2.45) is 0 Å². The van der Waals surface area contributed by atoms with E-state index in [0.717, 1.165) is 5.56 Å². The Labute approximate surface area is 184 Å². The molecule has 3 nitrogen and oxygen atoms in total. The van der Waals surface area contributed by atoms with Gasteiger partial charge in [0.2, 0.25) is 0 Å². The van der Waals surface area contributed by atoms with Gasteiger partial charge >= 0.3 is 5.97 Å². The summed E-state index contributed by atoms with van der Waals surface area (Å²) in [6.07, 6.45) is 0. The molecule has 0 atom stereocenters. The van der Waals surface area contributed by atoms with E-state index in [1.165, 1.54) is 15.9 Å². The number of carboxylic acid groups (broad SMARTS) is 1. The summed E-state index contributed by atoms with van der Waals surface area (Å²) >= 11 is 0. The van der Waals surface area contributed by atoms with Crippen LogP contribution in [0.1, 0.15) is 5.56 Å². The van der Waals surface area contributed by atoms with E-state index in [1.54, 1.807) is 12.1 Å². The number of carboxylic acids is 1. The SMILES string of the molecule is Cc1ccc(OCC(=O)O)cc1.c1ccc(P(c2ccccc2)c2ccccc2)cc1. The molecular weight excluding hydrogens is 403 g/mol. The Morgan fingerprint density at radius 1 is 0.677 bits per heavy atom. The molecule has 0 aliphatic carbocycles. The van der Waals surface area contributed by atoms with Gasteiger partial charge in [-0.1, -0.05) is 109 Å². The van der Waals surface area contributed by atoms with Crippen LogP contribution in [0.2, 0.25) is 0 Å². The summed E-state index contributed by atoms with van der Waals surface area (Å²) in [7, 11) is -0.446. The molecular formula is C27H25O3P. The Hall–Kier alpha value is -3.42. The minimum Gasteiger partial charge on any atom is -0.482 e. The van der Waals surface area contributed by atoms with Crippen LogP contribution in [-0.2, 0) is 4.79 Å². The summed E-state index contributed by atoms with van der Waals surface area (Å²) < 4.78 is 4.92. The van der Waals surface area contributed by atoms with Crippen LogP contribution in [0.3, 0.4) is 0 Å². The van der Waals surface area contributed by atoms with Crippen molar-refractivity contribution < 1.29 is 14.6 Å². The summed E-state index contributed by atoms with van der Waals surface area (Å²) in [6.45, 7) is 1.67. The fourth-order valence-corrected chi connectivity index (χ4v) is 5.26. The minimum atomic E-state index is -0.962. The fraction of sp³-hybridized carbons (Fsp3) is 0.0741. The van der Waals surface area contributed by atoms with Crippen molar-refractivity contribution >= 4 is 29.8 Å². The number of hydrogen-bond donors (Lipinski definition) is 1. The molecule has 0 radical (unpaired) electrons. The molecule has 156 valence electrons. The molecule has 0 fully saturated rings. The van der Waals surface area contributed by atoms with Crippen molar-refractivity contribution in [3.63, 3.8) is 0 Å². The van der Waals surface area contributed by atoms with Crippen molar-refractivity contribution in [3.8, 4) is 5.75 Å². The van der Waals surface area contributed by atoms with Crippen LogP contribution < -0.4 is 20.7 Å². The second-order valence-corrected chi connectivity index (χ2v) is 9.06. The zero-order chi connectivity index (χ0) is 21.9. The van der Waals surface area contributed by atoms with E-state index >= 15 is 0 Å². The van der Waals surface area contributed by atoms with Gasteiger partial charge in [-0.2, -0.15) is 0 Å². The lowest BCUT2D eigenvalue weighted by Gasteiger charge is -2.18. The molecule has 0 aromatic heterocycles. The Morgan fingerprint density at radius 2 is 1.06 bits per heavy atom. The van der Waals surface area contributed by atoms with E-state index in [9.17, 15) is 4.79 Å². The first-order valence-electron chi connectivity index (χ1n) is 10.00. The molecule has 1 N–H and O–H groups in total. The third-order valence-electron chi connectivity index (χ3n) is 4.43. The third-order valence-corrected chi connectivity index (χ3v) is 6.87. The number of ether oxygens (including phenoxy) is 1. The second kappa shape index (κ2) is 11.7. The van der Waals surface area contributed by atoms with Gasteiger partial charge in [-0.05, 0) is 42.9 Å². The summed E-state index contributed by atoms with van der Waals surface area (Å²) in [6, 6.07) is 39.6. The topological polar surface area (TPSA) is 46.5 Å². The average molecular weight is 428 g/mol. The first kappa shape index (κ1) is 22.3. The lowest BCUT2D eigenvalue weighted by molar-refractivity contribution is -0.139. The van der Waals surface area contributed by atoms with Crippen molar-refractivity contribution in [1.29, 1.82) is 0 Å². The van der Waals surface area contributed by atoms with Crippen LogP contribution >= 0.6 is 7.92 Å². The zero-order valence-corrected chi connectivity index (χ0v) is 18.3. The zero-order valence-electron chi connectivity index (χ0n) is 17.4. The highest BCUT2D eigenvalue weighted by Gasteiger charge is 2.14. The van der Waals surface area contributed by atoms with Gasteiger partial charge in [-0.25, -0.2) is 4.79 Å². The van der Waals surface area contributed by atoms with Gasteiger partial charge in [0.1, 0.15) is 5.75 Å². The minimum absolute atomic E-state index is 0.289. The highest BCUT2D eigenvalue weighted by Crippen LogP contribution is 2.32. The van der Waals surface area contributed by atoms with Crippen molar-refractivity contribution in [2.75, 3.05) is 6.61 Å². The Bertz CT molecular complexity index is 956.